The molecule has 0 saturated carbocycles. The number of fused-ring (bicyclic) bond motifs is 2. The van der Waals surface area contributed by atoms with Crippen molar-refractivity contribution in [3.63, 3.8) is 0 Å². The first-order valence-corrected chi connectivity index (χ1v) is 15.6. The topological polar surface area (TPSA) is 129 Å². The summed E-state index contributed by atoms with van der Waals surface area (Å²) in [6.45, 7) is 0. The molecule has 4 aromatic heterocycles. The van der Waals surface area contributed by atoms with Gasteiger partial charge in [0, 0.05) is 45.4 Å². The average Bonchev–Trinajstić information content (AvgIpc) is 3.13. The van der Waals surface area contributed by atoms with Gasteiger partial charge in [0.1, 0.15) is 10.4 Å². The molecule has 8 aromatic rings. The fourth-order valence-corrected chi connectivity index (χ4v) is 5.55. The number of hydrogen-bond acceptors (Lipinski definition) is 8. The molecule has 0 bridgehead atoms. The summed E-state index contributed by atoms with van der Waals surface area (Å²) in [5.41, 5.74) is 20.8. The molecule has 0 amide bonds. The highest BCUT2D eigenvalue weighted by molar-refractivity contribution is 9.10. The van der Waals surface area contributed by atoms with Gasteiger partial charge in [0.25, 0.3) is 0 Å². The first-order valence-electron chi connectivity index (χ1n) is 14.8. The number of nitrogens with two attached hydrogens (primary N) is 2. The summed E-state index contributed by atoms with van der Waals surface area (Å²) >= 11 is 3.39. The van der Waals surface area contributed by atoms with Crippen LogP contribution in [0.2, 0.25) is 0 Å². The standard InChI is InChI=1S/C19H13BrN4.C19H14N4/c20-18-19(21)24-16(12-5-2-1-3-6-12)17(23-18)14-8-9-15-13(11-14)7-4-10-22-15;20-17-12-22-18(19(23-17)13-5-2-1-3-6-13)15-8-9-16-14(11-15)7-4-10-21-16/h1-11H,(H2,21,24);1-12H,(H2,20,23). The number of rotatable bonds is 4. The van der Waals surface area contributed by atoms with E-state index in [9.17, 15) is 0 Å². The van der Waals surface area contributed by atoms with Crippen molar-refractivity contribution >= 4 is 49.4 Å². The number of anilines is 2. The second-order valence-electron chi connectivity index (χ2n) is 10.6. The average molecular weight is 676 g/mol. The number of halogens is 1. The molecule has 8 nitrogen and oxygen atoms in total. The third kappa shape index (κ3) is 6.38. The quantitative estimate of drug-likeness (QED) is 0.190. The van der Waals surface area contributed by atoms with E-state index in [2.05, 4.69) is 58.0 Å². The zero-order valence-electron chi connectivity index (χ0n) is 25.0. The van der Waals surface area contributed by atoms with Gasteiger partial charge >= 0.3 is 0 Å². The Labute approximate surface area is 279 Å². The van der Waals surface area contributed by atoms with E-state index in [1.807, 2.05) is 109 Å². The van der Waals surface area contributed by atoms with Crippen LogP contribution in [0.4, 0.5) is 11.6 Å². The zero-order chi connectivity index (χ0) is 32.2. The summed E-state index contributed by atoms with van der Waals surface area (Å²) in [5, 5.41) is 2.13. The van der Waals surface area contributed by atoms with Crippen molar-refractivity contribution < 1.29 is 0 Å². The number of nitrogen functional groups attached to an aromatic ring is 2. The molecule has 0 aliphatic heterocycles. The summed E-state index contributed by atoms with van der Waals surface area (Å²) in [7, 11) is 0. The van der Waals surface area contributed by atoms with E-state index in [0.717, 1.165) is 66.8 Å². The second-order valence-corrected chi connectivity index (χ2v) is 11.4. The molecular formula is C38H27BrN8. The van der Waals surface area contributed by atoms with Crippen LogP contribution in [0.5, 0.6) is 0 Å². The molecule has 8 rings (SSSR count). The number of benzene rings is 4. The van der Waals surface area contributed by atoms with E-state index in [-0.39, 0.29) is 0 Å². The van der Waals surface area contributed by atoms with Crippen LogP contribution >= 0.6 is 15.9 Å². The molecule has 0 radical (unpaired) electrons. The molecule has 0 saturated heterocycles. The van der Waals surface area contributed by atoms with Gasteiger partial charge in [0.05, 0.1) is 40.0 Å². The van der Waals surface area contributed by atoms with E-state index in [1.54, 1.807) is 18.6 Å². The summed E-state index contributed by atoms with van der Waals surface area (Å²) in [6.07, 6.45) is 5.17. The van der Waals surface area contributed by atoms with Gasteiger partial charge in [-0.3, -0.25) is 15.0 Å². The summed E-state index contributed by atoms with van der Waals surface area (Å²) < 4.78 is 0.545. The number of pyridine rings is 2. The van der Waals surface area contributed by atoms with Crippen molar-refractivity contribution in [3.8, 4) is 45.0 Å². The number of hydrogen-bond donors (Lipinski definition) is 2. The first-order chi connectivity index (χ1) is 23.0. The van der Waals surface area contributed by atoms with Gasteiger partial charge in [-0.15, -0.1) is 0 Å². The maximum Gasteiger partial charge on any atom is 0.157 e. The van der Waals surface area contributed by atoms with E-state index in [1.165, 1.54) is 0 Å². The molecule has 9 heteroatoms. The number of nitrogens with zero attached hydrogens (tertiary/aromatic N) is 6. The fourth-order valence-electron chi connectivity index (χ4n) is 5.28. The van der Waals surface area contributed by atoms with E-state index < -0.39 is 0 Å². The highest BCUT2D eigenvalue weighted by atomic mass is 79.9. The fraction of sp³-hybridized carbons (Fsp3) is 0. The third-order valence-electron chi connectivity index (χ3n) is 7.52. The minimum atomic E-state index is 0.375. The molecular weight excluding hydrogens is 648 g/mol. The zero-order valence-corrected chi connectivity index (χ0v) is 26.6. The number of aromatic nitrogens is 6. The van der Waals surface area contributed by atoms with Crippen molar-refractivity contribution in [3.05, 3.63) is 145 Å². The Kier molecular flexibility index (Phi) is 8.27. The molecule has 226 valence electrons. The first kappa shape index (κ1) is 29.6. The Morgan fingerprint density at radius 1 is 0.447 bits per heavy atom. The lowest BCUT2D eigenvalue weighted by atomic mass is 10.0. The van der Waals surface area contributed by atoms with Crippen LogP contribution in [0, 0.1) is 0 Å². The van der Waals surface area contributed by atoms with Gasteiger partial charge in [-0.1, -0.05) is 84.9 Å². The third-order valence-corrected chi connectivity index (χ3v) is 8.10. The second kappa shape index (κ2) is 13.1. The smallest absolute Gasteiger partial charge is 0.157 e. The van der Waals surface area contributed by atoms with E-state index >= 15 is 0 Å². The Morgan fingerprint density at radius 2 is 0.957 bits per heavy atom. The van der Waals surface area contributed by atoms with Gasteiger partial charge in [-0.25, -0.2) is 15.0 Å². The van der Waals surface area contributed by atoms with Crippen LogP contribution in [0.1, 0.15) is 0 Å². The summed E-state index contributed by atoms with van der Waals surface area (Å²) in [5.74, 6) is 0.787. The summed E-state index contributed by atoms with van der Waals surface area (Å²) in [6, 6.07) is 40.0. The molecule has 4 N–H and O–H groups in total. The SMILES string of the molecule is Nc1cnc(-c2ccc3ncccc3c2)c(-c2ccccc2)n1.Nc1nc(-c2ccccc2)c(-c2ccc3ncccc3c2)nc1Br. The molecule has 4 aromatic carbocycles. The Bertz CT molecular complexity index is 2350. The van der Waals surface area contributed by atoms with Crippen LogP contribution in [0.15, 0.2) is 145 Å². The largest absolute Gasteiger partial charge is 0.382 e. The minimum Gasteiger partial charge on any atom is -0.382 e. The maximum atomic E-state index is 5.97. The van der Waals surface area contributed by atoms with Gasteiger partial charge in [-0.05, 0) is 52.3 Å². The van der Waals surface area contributed by atoms with E-state index in [0.29, 0.717) is 16.2 Å². The monoisotopic (exact) mass is 674 g/mol. The van der Waals surface area contributed by atoms with Crippen molar-refractivity contribution in [2.24, 2.45) is 0 Å². The van der Waals surface area contributed by atoms with Crippen LogP contribution in [0.3, 0.4) is 0 Å². The van der Waals surface area contributed by atoms with Crippen LogP contribution < -0.4 is 11.5 Å². The van der Waals surface area contributed by atoms with Crippen molar-refractivity contribution in [2.75, 3.05) is 11.5 Å². The molecule has 4 heterocycles. The van der Waals surface area contributed by atoms with Crippen LogP contribution in [0.25, 0.3) is 66.8 Å². The molecule has 0 aliphatic rings. The Balaban J connectivity index is 0.000000150. The Hall–Kier alpha value is -6.06. The molecule has 0 aliphatic carbocycles. The van der Waals surface area contributed by atoms with Crippen LogP contribution in [-0.4, -0.2) is 29.9 Å². The molecule has 0 unspecified atom stereocenters. The minimum absolute atomic E-state index is 0.375. The molecule has 47 heavy (non-hydrogen) atoms. The molecule has 0 fully saturated rings. The van der Waals surface area contributed by atoms with Crippen molar-refractivity contribution in [1.82, 2.24) is 29.9 Å². The molecule has 0 spiro atoms. The van der Waals surface area contributed by atoms with Crippen LogP contribution in [-0.2, 0) is 0 Å². The van der Waals surface area contributed by atoms with Gasteiger partial charge in [-0.2, -0.15) is 0 Å². The Morgan fingerprint density at radius 3 is 1.53 bits per heavy atom. The lowest BCUT2D eigenvalue weighted by Crippen LogP contribution is -2.00. The predicted molar refractivity (Wildman–Crippen MR) is 193 cm³/mol. The van der Waals surface area contributed by atoms with Crippen molar-refractivity contribution in [1.29, 1.82) is 0 Å². The predicted octanol–water partition coefficient (Wildman–Crippen LogP) is 8.64. The molecule has 0 atom stereocenters. The lowest BCUT2D eigenvalue weighted by Gasteiger charge is -2.11. The highest BCUT2D eigenvalue weighted by Gasteiger charge is 2.15. The van der Waals surface area contributed by atoms with Crippen molar-refractivity contribution in [2.45, 2.75) is 0 Å². The summed E-state index contributed by atoms with van der Waals surface area (Å²) in [4.78, 5) is 26.9. The lowest BCUT2D eigenvalue weighted by molar-refractivity contribution is 1.18. The highest BCUT2D eigenvalue weighted by Crippen LogP contribution is 2.34. The maximum absolute atomic E-state index is 5.97. The van der Waals surface area contributed by atoms with E-state index in [4.69, 9.17) is 11.5 Å². The van der Waals surface area contributed by atoms with Gasteiger partial charge in [0.15, 0.2) is 5.82 Å². The normalized spacial score (nSPS) is 10.8. The van der Waals surface area contributed by atoms with Gasteiger partial charge < -0.3 is 11.5 Å². The van der Waals surface area contributed by atoms with Gasteiger partial charge in [0.2, 0.25) is 0 Å².